The van der Waals surface area contributed by atoms with Gasteiger partial charge in [-0.05, 0) is 42.5 Å². The molecule has 0 saturated carbocycles. The Kier molecular flexibility index (Phi) is 4.68. The number of hydrogen-bond donors (Lipinski definition) is 1. The molecule has 1 aliphatic heterocycles. The summed E-state index contributed by atoms with van der Waals surface area (Å²) in [7, 11) is 0. The van der Waals surface area contributed by atoms with Crippen molar-refractivity contribution < 1.29 is 22.8 Å². The number of carbonyl (C=O) groups is 2. The Labute approximate surface area is 155 Å². The summed E-state index contributed by atoms with van der Waals surface area (Å²) in [5.74, 6) is -1.76. The zero-order chi connectivity index (χ0) is 19.1. The SMILES string of the molecule is O=C1C(Cl)=C(Nc2ccc(Cl)cc2)C(=O)N1c1cccc(C(F)(F)F)c1. The van der Waals surface area contributed by atoms with Gasteiger partial charge in [0, 0.05) is 10.7 Å². The van der Waals surface area contributed by atoms with Gasteiger partial charge in [-0.2, -0.15) is 13.2 Å². The molecule has 0 aliphatic carbocycles. The highest BCUT2D eigenvalue weighted by Gasteiger charge is 2.40. The summed E-state index contributed by atoms with van der Waals surface area (Å²) < 4.78 is 38.6. The first-order chi connectivity index (χ1) is 12.2. The number of nitrogens with one attached hydrogen (secondary N) is 1. The van der Waals surface area contributed by atoms with Crippen LogP contribution in [0.2, 0.25) is 5.02 Å². The summed E-state index contributed by atoms with van der Waals surface area (Å²) in [6.45, 7) is 0. The van der Waals surface area contributed by atoms with Gasteiger partial charge in [-0.1, -0.05) is 29.3 Å². The number of carbonyl (C=O) groups excluding carboxylic acids is 2. The Morgan fingerprint density at radius 3 is 2.19 bits per heavy atom. The highest BCUT2D eigenvalue weighted by atomic mass is 35.5. The van der Waals surface area contributed by atoms with Crippen molar-refractivity contribution in [3.05, 3.63) is 69.8 Å². The molecule has 26 heavy (non-hydrogen) atoms. The molecule has 0 radical (unpaired) electrons. The van der Waals surface area contributed by atoms with E-state index in [2.05, 4.69) is 5.32 Å². The normalized spacial score (nSPS) is 15.0. The Bertz CT molecular complexity index is 924. The summed E-state index contributed by atoms with van der Waals surface area (Å²) in [4.78, 5) is 25.4. The van der Waals surface area contributed by atoms with Crippen molar-refractivity contribution in [2.75, 3.05) is 10.2 Å². The molecule has 0 unspecified atom stereocenters. The molecule has 0 saturated heterocycles. The van der Waals surface area contributed by atoms with Gasteiger partial charge in [-0.3, -0.25) is 9.59 Å². The number of alkyl halides is 3. The lowest BCUT2D eigenvalue weighted by atomic mass is 10.2. The second kappa shape index (κ2) is 6.66. The van der Waals surface area contributed by atoms with E-state index in [-0.39, 0.29) is 11.4 Å². The zero-order valence-corrected chi connectivity index (χ0v) is 14.3. The monoisotopic (exact) mass is 400 g/mol. The van der Waals surface area contributed by atoms with Crippen molar-refractivity contribution in [2.45, 2.75) is 6.18 Å². The molecular formula is C17H9Cl2F3N2O2. The number of imide groups is 1. The number of rotatable bonds is 3. The maximum Gasteiger partial charge on any atom is 0.416 e. The summed E-state index contributed by atoms with van der Waals surface area (Å²) >= 11 is 11.7. The van der Waals surface area contributed by atoms with Crippen LogP contribution in [-0.4, -0.2) is 11.8 Å². The molecule has 1 heterocycles. The molecule has 9 heteroatoms. The molecule has 134 valence electrons. The molecule has 2 amide bonds. The van der Waals surface area contributed by atoms with Crippen molar-refractivity contribution in [3.8, 4) is 0 Å². The van der Waals surface area contributed by atoms with Crippen LogP contribution in [0.5, 0.6) is 0 Å². The summed E-state index contributed by atoms with van der Waals surface area (Å²) in [5.41, 5.74) is -0.988. The van der Waals surface area contributed by atoms with Gasteiger partial charge in [0.1, 0.15) is 10.7 Å². The summed E-state index contributed by atoms with van der Waals surface area (Å²) in [5, 5.41) is 2.75. The number of benzene rings is 2. The van der Waals surface area contributed by atoms with Gasteiger partial charge in [-0.15, -0.1) is 0 Å². The fraction of sp³-hybridized carbons (Fsp3) is 0.0588. The summed E-state index contributed by atoms with van der Waals surface area (Å²) in [6.07, 6.45) is -4.61. The lowest BCUT2D eigenvalue weighted by Crippen LogP contribution is -2.32. The van der Waals surface area contributed by atoms with Crippen molar-refractivity contribution in [2.24, 2.45) is 0 Å². The van der Waals surface area contributed by atoms with Gasteiger partial charge in [0.25, 0.3) is 11.8 Å². The van der Waals surface area contributed by atoms with Gasteiger partial charge in [0.2, 0.25) is 0 Å². The molecule has 0 spiro atoms. The van der Waals surface area contributed by atoms with Gasteiger partial charge in [-0.25, -0.2) is 4.90 Å². The van der Waals surface area contributed by atoms with E-state index in [4.69, 9.17) is 23.2 Å². The lowest BCUT2D eigenvalue weighted by molar-refractivity contribution is -0.137. The smallest absolute Gasteiger partial charge is 0.350 e. The van der Waals surface area contributed by atoms with E-state index in [0.29, 0.717) is 21.7 Å². The second-order valence-corrected chi connectivity index (χ2v) is 6.13. The standard InChI is InChI=1S/C17H9Cl2F3N2O2/c18-10-4-6-11(7-5-10)23-14-13(19)15(25)24(16(14)26)12-3-1-2-9(8-12)17(20,21)22/h1-8,23H. The number of amides is 2. The maximum absolute atomic E-state index is 12.9. The van der Waals surface area contributed by atoms with Crippen LogP contribution in [0.25, 0.3) is 0 Å². The van der Waals surface area contributed by atoms with Crippen molar-refractivity contribution in [1.29, 1.82) is 0 Å². The van der Waals surface area contributed by atoms with Crippen LogP contribution in [0.4, 0.5) is 24.5 Å². The Morgan fingerprint density at radius 1 is 0.923 bits per heavy atom. The summed E-state index contributed by atoms with van der Waals surface area (Å²) in [6, 6.07) is 10.1. The Hall–Kier alpha value is -2.51. The first kappa shape index (κ1) is 18.3. The van der Waals surface area contributed by atoms with E-state index in [0.717, 1.165) is 12.1 Å². The van der Waals surface area contributed by atoms with E-state index in [1.807, 2.05) is 0 Å². The fourth-order valence-electron chi connectivity index (χ4n) is 2.34. The molecule has 0 fully saturated rings. The van der Waals surface area contributed by atoms with E-state index >= 15 is 0 Å². The molecule has 0 atom stereocenters. The Morgan fingerprint density at radius 2 is 1.58 bits per heavy atom. The van der Waals surface area contributed by atoms with Crippen LogP contribution in [0.1, 0.15) is 5.56 Å². The third-order valence-corrected chi connectivity index (χ3v) is 4.18. The van der Waals surface area contributed by atoms with Crippen molar-refractivity contribution in [1.82, 2.24) is 0 Å². The fourth-order valence-corrected chi connectivity index (χ4v) is 2.68. The predicted octanol–water partition coefficient (Wildman–Crippen LogP) is 4.79. The van der Waals surface area contributed by atoms with Gasteiger partial charge >= 0.3 is 6.18 Å². The second-order valence-electron chi connectivity index (χ2n) is 5.31. The van der Waals surface area contributed by atoms with E-state index in [1.165, 1.54) is 6.07 Å². The van der Waals surface area contributed by atoms with Crippen LogP contribution in [-0.2, 0) is 15.8 Å². The highest BCUT2D eigenvalue weighted by molar-refractivity contribution is 6.53. The highest BCUT2D eigenvalue weighted by Crippen LogP contribution is 2.35. The van der Waals surface area contributed by atoms with Crippen LogP contribution >= 0.6 is 23.2 Å². The number of hydrogen-bond acceptors (Lipinski definition) is 3. The van der Waals surface area contributed by atoms with Crippen molar-refractivity contribution in [3.63, 3.8) is 0 Å². The van der Waals surface area contributed by atoms with Gasteiger partial charge in [0.05, 0.1) is 11.3 Å². The minimum atomic E-state index is -4.61. The molecule has 4 nitrogen and oxygen atoms in total. The average Bonchev–Trinajstić information content (AvgIpc) is 2.80. The largest absolute Gasteiger partial charge is 0.416 e. The molecule has 0 bridgehead atoms. The molecule has 0 aromatic heterocycles. The third kappa shape index (κ3) is 3.40. The maximum atomic E-state index is 12.9. The number of nitrogens with zero attached hydrogens (tertiary/aromatic N) is 1. The topological polar surface area (TPSA) is 49.4 Å². The molecule has 1 N–H and O–H groups in total. The Balaban J connectivity index is 1.92. The predicted molar refractivity (Wildman–Crippen MR) is 91.9 cm³/mol. The molecular weight excluding hydrogens is 392 g/mol. The minimum Gasteiger partial charge on any atom is -0.350 e. The van der Waals surface area contributed by atoms with Crippen LogP contribution < -0.4 is 10.2 Å². The average molecular weight is 401 g/mol. The molecule has 2 aromatic rings. The zero-order valence-electron chi connectivity index (χ0n) is 12.8. The van der Waals surface area contributed by atoms with Gasteiger partial charge in [0.15, 0.2) is 0 Å². The minimum absolute atomic E-state index is 0.221. The van der Waals surface area contributed by atoms with E-state index in [9.17, 15) is 22.8 Å². The molecule has 2 aromatic carbocycles. The van der Waals surface area contributed by atoms with Crippen molar-refractivity contribution >= 4 is 46.4 Å². The van der Waals surface area contributed by atoms with Crippen LogP contribution in [0, 0.1) is 0 Å². The van der Waals surface area contributed by atoms with E-state index in [1.54, 1.807) is 24.3 Å². The number of anilines is 2. The van der Waals surface area contributed by atoms with E-state index < -0.39 is 28.6 Å². The number of halogens is 5. The molecule has 3 rings (SSSR count). The van der Waals surface area contributed by atoms with Crippen LogP contribution in [0.3, 0.4) is 0 Å². The lowest BCUT2D eigenvalue weighted by Gasteiger charge is -2.17. The quantitative estimate of drug-likeness (QED) is 0.753. The van der Waals surface area contributed by atoms with Crippen LogP contribution in [0.15, 0.2) is 59.3 Å². The van der Waals surface area contributed by atoms with Gasteiger partial charge < -0.3 is 5.32 Å². The third-order valence-electron chi connectivity index (χ3n) is 3.57. The first-order valence-electron chi connectivity index (χ1n) is 7.17. The first-order valence-corrected chi connectivity index (χ1v) is 7.92. The molecule has 1 aliphatic rings.